The molecule has 0 saturated heterocycles. The number of nitro groups is 1. The van der Waals surface area contributed by atoms with Gasteiger partial charge in [0.1, 0.15) is 5.02 Å². The third-order valence-corrected chi connectivity index (χ3v) is 3.85. The summed E-state index contributed by atoms with van der Waals surface area (Å²) >= 11 is 8.95. The Balaban J connectivity index is 2.35. The van der Waals surface area contributed by atoms with Crippen LogP contribution in [0.2, 0.25) is 5.02 Å². The highest BCUT2D eigenvalue weighted by Crippen LogP contribution is 2.26. The molecule has 0 aliphatic heterocycles. The SMILES string of the molecule is COC(=O)c1cc(Br)ccc1NC(=O)c1ccc(Cl)c([N+](=O)[O-])c1. The molecule has 0 bridgehead atoms. The Labute approximate surface area is 149 Å². The average molecular weight is 414 g/mol. The molecule has 2 aromatic rings. The van der Waals surface area contributed by atoms with Gasteiger partial charge in [-0.15, -0.1) is 0 Å². The number of methoxy groups -OCH3 is 1. The molecular weight excluding hydrogens is 404 g/mol. The van der Waals surface area contributed by atoms with Crippen LogP contribution >= 0.6 is 27.5 Å². The molecule has 0 aliphatic carbocycles. The number of hydrogen-bond acceptors (Lipinski definition) is 5. The number of nitrogens with zero attached hydrogens (tertiary/aromatic N) is 1. The zero-order valence-corrected chi connectivity index (χ0v) is 14.6. The van der Waals surface area contributed by atoms with Crippen LogP contribution in [0.4, 0.5) is 11.4 Å². The maximum atomic E-state index is 12.3. The molecule has 9 heteroatoms. The van der Waals surface area contributed by atoms with Crippen molar-refractivity contribution in [2.75, 3.05) is 12.4 Å². The van der Waals surface area contributed by atoms with Crippen molar-refractivity contribution in [3.8, 4) is 0 Å². The molecule has 2 aromatic carbocycles. The van der Waals surface area contributed by atoms with Crippen LogP contribution in [0.1, 0.15) is 20.7 Å². The predicted molar refractivity (Wildman–Crippen MR) is 91.5 cm³/mol. The second-order valence-electron chi connectivity index (χ2n) is 4.56. The van der Waals surface area contributed by atoms with E-state index in [-0.39, 0.29) is 27.5 Å². The molecule has 0 unspecified atom stereocenters. The maximum absolute atomic E-state index is 12.3. The van der Waals surface area contributed by atoms with Crippen molar-refractivity contribution >= 4 is 50.8 Å². The molecule has 0 aromatic heterocycles. The van der Waals surface area contributed by atoms with Crippen molar-refractivity contribution in [3.63, 3.8) is 0 Å². The molecular formula is C15H10BrClN2O5. The monoisotopic (exact) mass is 412 g/mol. The van der Waals surface area contributed by atoms with Gasteiger partial charge in [-0.25, -0.2) is 4.79 Å². The topological polar surface area (TPSA) is 98.5 Å². The number of benzene rings is 2. The lowest BCUT2D eigenvalue weighted by Crippen LogP contribution is -2.15. The fraction of sp³-hybridized carbons (Fsp3) is 0.0667. The summed E-state index contributed by atoms with van der Waals surface area (Å²) in [5, 5.41) is 13.4. The van der Waals surface area contributed by atoms with Gasteiger partial charge in [-0.1, -0.05) is 27.5 Å². The van der Waals surface area contributed by atoms with E-state index in [1.165, 1.54) is 31.4 Å². The van der Waals surface area contributed by atoms with E-state index < -0.39 is 16.8 Å². The molecule has 0 heterocycles. The van der Waals surface area contributed by atoms with Crippen LogP contribution in [-0.4, -0.2) is 23.9 Å². The van der Waals surface area contributed by atoms with Crippen molar-refractivity contribution in [1.82, 2.24) is 0 Å². The van der Waals surface area contributed by atoms with Crippen LogP contribution in [0.3, 0.4) is 0 Å². The molecule has 1 N–H and O–H groups in total. The van der Waals surface area contributed by atoms with Crippen LogP contribution in [0.25, 0.3) is 0 Å². The molecule has 124 valence electrons. The van der Waals surface area contributed by atoms with E-state index in [1.54, 1.807) is 6.07 Å². The smallest absolute Gasteiger partial charge is 0.340 e. The lowest BCUT2D eigenvalue weighted by atomic mass is 10.1. The summed E-state index contributed by atoms with van der Waals surface area (Å²) in [5.41, 5.74) is 0.00879. The lowest BCUT2D eigenvalue weighted by Gasteiger charge is -2.10. The Morgan fingerprint density at radius 3 is 2.58 bits per heavy atom. The number of rotatable bonds is 4. The molecule has 24 heavy (non-hydrogen) atoms. The fourth-order valence-electron chi connectivity index (χ4n) is 1.89. The number of carbonyl (C=O) groups excluding carboxylic acids is 2. The Bertz CT molecular complexity index is 841. The average Bonchev–Trinajstić information content (AvgIpc) is 2.55. The Hall–Kier alpha value is -2.45. The number of nitrogens with one attached hydrogen (secondary N) is 1. The van der Waals surface area contributed by atoms with Crippen molar-refractivity contribution in [2.45, 2.75) is 0 Å². The zero-order chi connectivity index (χ0) is 17.9. The number of carbonyl (C=O) groups is 2. The molecule has 0 aliphatic rings. The van der Waals surface area contributed by atoms with Crippen molar-refractivity contribution in [3.05, 3.63) is 67.1 Å². The Morgan fingerprint density at radius 1 is 1.25 bits per heavy atom. The highest BCUT2D eigenvalue weighted by Gasteiger charge is 2.19. The van der Waals surface area contributed by atoms with Gasteiger partial charge >= 0.3 is 5.97 Å². The second kappa shape index (κ2) is 7.41. The van der Waals surface area contributed by atoms with Gasteiger partial charge < -0.3 is 10.1 Å². The first-order chi connectivity index (χ1) is 11.3. The van der Waals surface area contributed by atoms with E-state index in [4.69, 9.17) is 11.6 Å². The molecule has 0 spiro atoms. The largest absolute Gasteiger partial charge is 0.465 e. The molecule has 0 radical (unpaired) electrons. The third kappa shape index (κ3) is 3.90. The van der Waals surface area contributed by atoms with E-state index in [2.05, 4.69) is 26.0 Å². The van der Waals surface area contributed by atoms with E-state index in [0.29, 0.717) is 4.47 Å². The van der Waals surface area contributed by atoms with Crippen LogP contribution < -0.4 is 5.32 Å². The van der Waals surface area contributed by atoms with Gasteiger partial charge in [0.15, 0.2) is 0 Å². The second-order valence-corrected chi connectivity index (χ2v) is 5.88. The maximum Gasteiger partial charge on any atom is 0.340 e. The number of hydrogen-bond donors (Lipinski definition) is 1. The minimum Gasteiger partial charge on any atom is -0.465 e. The van der Waals surface area contributed by atoms with Gasteiger partial charge in [0, 0.05) is 16.1 Å². The summed E-state index contributed by atoms with van der Waals surface area (Å²) in [6.45, 7) is 0. The first-order valence-electron chi connectivity index (χ1n) is 6.46. The summed E-state index contributed by atoms with van der Waals surface area (Å²) in [6.07, 6.45) is 0. The highest BCUT2D eigenvalue weighted by molar-refractivity contribution is 9.10. The Kier molecular flexibility index (Phi) is 5.53. The molecule has 0 atom stereocenters. The minimum absolute atomic E-state index is 0.0323. The van der Waals surface area contributed by atoms with Crippen molar-refractivity contribution in [1.29, 1.82) is 0 Å². The lowest BCUT2D eigenvalue weighted by molar-refractivity contribution is -0.384. The Morgan fingerprint density at radius 2 is 1.96 bits per heavy atom. The number of nitro benzene ring substituents is 1. The molecule has 7 nitrogen and oxygen atoms in total. The fourth-order valence-corrected chi connectivity index (χ4v) is 2.44. The number of halogens is 2. The third-order valence-electron chi connectivity index (χ3n) is 3.04. The van der Waals surface area contributed by atoms with E-state index in [1.807, 2.05) is 0 Å². The van der Waals surface area contributed by atoms with Crippen LogP contribution in [-0.2, 0) is 4.74 Å². The normalized spacial score (nSPS) is 10.1. The van der Waals surface area contributed by atoms with Crippen LogP contribution in [0.5, 0.6) is 0 Å². The zero-order valence-electron chi connectivity index (χ0n) is 12.2. The molecule has 0 fully saturated rings. The predicted octanol–water partition coefficient (Wildman–Crippen LogP) is 4.05. The number of amides is 1. The molecule has 0 saturated carbocycles. The van der Waals surface area contributed by atoms with Gasteiger partial charge in [0.05, 0.1) is 23.3 Å². The summed E-state index contributed by atoms with van der Waals surface area (Å²) < 4.78 is 5.30. The van der Waals surface area contributed by atoms with Gasteiger partial charge in [0.25, 0.3) is 11.6 Å². The highest BCUT2D eigenvalue weighted by atomic mass is 79.9. The number of esters is 1. The van der Waals surface area contributed by atoms with E-state index in [0.717, 1.165) is 6.07 Å². The summed E-state index contributed by atoms with van der Waals surface area (Å²) in [7, 11) is 1.22. The molecule has 2 rings (SSSR count). The number of ether oxygens (including phenoxy) is 1. The van der Waals surface area contributed by atoms with Gasteiger partial charge in [-0.3, -0.25) is 14.9 Å². The quantitative estimate of drug-likeness (QED) is 0.463. The van der Waals surface area contributed by atoms with E-state index >= 15 is 0 Å². The minimum atomic E-state index is -0.682. The van der Waals surface area contributed by atoms with E-state index in [9.17, 15) is 19.7 Å². The summed E-state index contributed by atoms with van der Waals surface area (Å²) in [4.78, 5) is 34.3. The van der Waals surface area contributed by atoms with Gasteiger partial charge in [-0.2, -0.15) is 0 Å². The van der Waals surface area contributed by atoms with Crippen molar-refractivity contribution < 1.29 is 19.2 Å². The van der Waals surface area contributed by atoms with Crippen LogP contribution in [0, 0.1) is 10.1 Å². The first kappa shape index (κ1) is 17.9. The standard InChI is InChI=1S/C15H10BrClN2O5/c1-24-15(21)10-7-9(16)3-5-12(10)18-14(20)8-2-4-11(17)13(6-8)19(22)23/h2-7H,1H3,(H,18,20). The number of anilines is 1. The van der Waals surface area contributed by atoms with Crippen molar-refractivity contribution in [2.24, 2.45) is 0 Å². The van der Waals surface area contributed by atoms with Gasteiger partial charge in [-0.05, 0) is 30.3 Å². The van der Waals surface area contributed by atoms with Gasteiger partial charge in [0.2, 0.25) is 0 Å². The first-order valence-corrected chi connectivity index (χ1v) is 7.63. The summed E-state index contributed by atoms with van der Waals surface area (Å²) in [6, 6.07) is 8.31. The molecule has 1 amide bonds. The van der Waals surface area contributed by atoms with Crippen LogP contribution in [0.15, 0.2) is 40.9 Å². The summed E-state index contributed by atoms with van der Waals surface area (Å²) in [5.74, 6) is -1.25.